The van der Waals surface area contributed by atoms with Gasteiger partial charge in [0.25, 0.3) is 11.8 Å². The minimum atomic E-state index is -0.262. The van der Waals surface area contributed by atoms with Crippen molar-refractivity contribution >= 4 is 29.1 Å². The zero-order valence-electron chi connectivity index (χ0n) is 11.8. The van der Waals surface area contributed by atoms with E-state index in [4.69, 9.17) is 11.6 Å². The Morgan fingerprint density at radius 1 is 0.909 bits per heavy atom. The summed E-state index contributed by atoms with van der Waals surface area (Å²) in [5.41, 5.74) is 1.59. The lowest BCUT2D eigenvalue weighted by Gasteiger charge is -2.08. The standard InChI is InChI=1S/C17H15ClN2O2/c18-14-3-1-2-4-15(14)20-17(22)12-7-5-11(6-8-12)16(21)19-13-9-10-13/h1-8,13H,9-10H2,(H,19,21)(H,20,22). The van der Waals surface area contributed by atoms with Gasteiger partial charge < -0.3 is 10.6 Å². The lowest BCUT2D eigenvalue weighted by atomic mass is 10.1. The first-order chi connectivity index (χ1) is 10.6. The van der Waals surface area contributed by atoms with Crippen molar-refractivity contribution in [2.75, 3.05) is 5.32 Å². The number of nitrogens with one attached hydrogen (secondary N) is 2. The maximum Gasteiger partial charge on any atom is 0.255 e. The smallest absolute Gasteiger partial charge is 0.255 e. The molecule has 1 aliphatic rings. The Labute approximate surface area is 133 Å². The molecule has 0 spiro atoms. The van der Waals surface area contributed by atoms with Crippen LogP contribution in [0.1, 0.15) is 33.6 Å². The van der Waals surface area contributed by atoms with E-state index in [1.165, 1.54) is 0 Å². The molecule has 2 aromatic carbocycles. The van der Waals surface area contributed by atoms with Crippen LogP contribution < -0.4 is 10.6 Å². The number of benzene rings is 2. The fourth-order valence-corrected chi connectivity index (χ4v) is 2.21. The Kier molecular flexibility index (Phi) is 4.11. The van der Waals surface area contributed by atoms with Crippen LogP contribution in [0.15, 0.2) is 48.5 Å². The first-order valence-corrected chi connectivity index (χ1v) is 7.48. The van der Waals surface area contributed by atoms with E-state index in [1.807, 2.05) is 0 Å². The van der Waals surface area contributed by atoms with Gasteiger partial charge in [0, 0.05) is 17.2 Å². The number of hydrogen-bond acceptors (Lipinski definition) is 2. The summed E-state index contributed by atoms with van der Waals surface area (Å²) >= 11 is 6.01. The summed E-state index contributed by atoms with van der Waals surface area (Å²) in [6.45, 7) is 0. The van der Waals surface area contributed by atoms with E-state index < -0.39 is 0 Å². The number of para-hydroxylation sites is 1. The van der Waals surface area contributed by atoms with Crippen molar-refractivity contribution in [3.8, 4) is 0 Å². The van der Waals surface area contributed by atoms with Crippen molar-refractivity contribution in [3.05, 3.63) is 64.7 Å². The van der Waals surface area contributed by atoms with E-state index in [0.29, 0.717) is 27.9 Å². The van der Waals surface area contributed by atoms with Crippen LogP contribution in [0.5, 0.6) is 0 Å². The van der Waals surface area contributed by atoms with Crippen molar-refractivity contribution in [1.82, 2.24) is 5.32 Å². The SMILES string of the molecule is O=C(Nc1ccccc1Cl)c1ccc(C(=O)NC2CC2)cc1. The quantitative estimate of drug-likeness (QED) is 0.907. The lowest BCUT2D eigenvalue weighted by molar-refractivity contribution is 0.0949. The van der Waals surface area contributed by atoms with Gasteiger partial charge in [-0.15, -0.1) is 0 Å². The molecule has 1 fully saturated rings. The van der Waals surface area contributed by atoms with Crippen molar-refractivity contribution in [3.63, 3.8) is 0 Å². The molecule has 0 saturated heterocycles. The highest BCUT2D eigenvalue weighted by atomic mass is 35.5. The Balaban J connectivity index is 1.68. The highest BCUT2D eigenvalue weighted by Gasteiger charge is 2.23. The van der Waals surface area contributed by atoms with Crippen LogP contribution in [-0.2, 0) is 0 Å². The van der Waals surface area contributed by atoms with Crippen molar-refractivity contribution in [2.45, 2.75) is 18.9 Å². The molecule has 22 heavy (non-hydrogen) atoms. The third-order valence-electron chi connectivity index (χ3n) is 3.44. The molecule has 112 valence electrons. The summed E-state index contributed by atoms with van der Waals surface area (Å²) in [5, 5.41) is 6.14. The maximum absolute atomic E-state index is 12.2. The highest BCUT2D eigenvalue weighted by Crippen LogP contribution is 2.21. The fourth-order valence-electron chi connectivity index (χ4n) is 2.03. The molecular weight excluding hydrogens is 300 g/mol. The van der Waals surface area contributed by atoms with Gasteiger partial charge in [-0.1, -0.05) is 23.7 Å². The third kappa shape index (κ3) is 3.46. The first-order valence-electron chi connectivity index (χ1n) is 7.10. The molecule has 3 rings (SSSR count). The number of carbonyl (C=O) groups is 2. The average molecular weight is 315 g/mol. The Hall–Kier alpha value is -2.33. The molecule has 0 atom stereocenters. The molecule has 2 N–H and O–H groups in total. The summed E-state index contributed by atoms with van der Waals surface area (Å²) in [5.74, 6) is -0.359. The molecule has 1 aliphatic carbocycles. The van der Waals surface area contributed by atoms with Gasteiger partial charge in [0.1, 0.15) is 0 Å². The maximum atomic E-state index is 12.2. The summed E-state index contributed by atoms with van der Waals surface area (Å²) in [6.07, 6.45) is 2.09. The molecule has 0 unspecified atom stereocenters. The molecule has 1 saturated carbocycles. The normalized spacial score (nSPS) is 13.5. The van der Waals surface area contributed by atoms with Gasteiger partial charge in [-0.3, -0.25) is 9.59 Å². The van der Waals surface area contributed by atoms with Crippen LogP contribution >= 0.6 is 11.6 Å². The van der Waals surface area contributed by atoms with Crippen LogP contribution in [0.25, 0.3) is 0 Å². The van der Waals surface area contributed by atoms with Gasteiger partial charge in [0.15, 0.2) is 0 Å². The molecule has 0 radical (unpaired) electrons. The second kappa shape index (κ2) is 6.20. The largest absolute Gasteiger partial charge is 0.349 e. The lowest BCUT2D eigenvalue weighted by Crippen LogP contribution is -2.25. The Morgan fingerprint density at radius 3 is 2.09 bits per heavy atom. The van der Waals surface area contributed by atoms with Crippen molar-refractivity contribution in [1.29, 1.82) is 0 Å². The van der Waals surface area contributed by atoms with Gasteiger partial charge in [-0.25, -0.2) is 0 Å². The summed E-state index contributed by atoms with van der Waals surface area (Å²) in [6, 6.07) is 13.9. The minimum absolute atomic E-state index is 0.0967. The van der Waals surface area contributed by atoms with E-state index in [0.717, 1.165) is 12.8 Å². The summed E-state index contributed by atoms with van der Waals surface area (Å²) < 4.78 is 0. The van der Waals surface area contributed by atoms with Crippen molar-refractivity contribution < 1.29 is 9.59 Å². The molecule has 0 heterocycles. The van der Waals surface area contributed by atoms with Crippen LogP contribution in [0.2, 0.25) is 5.02 Å². The fraction of sp³-hybridized carbons (Fsp3) is 0.176. The Morgan fingerprint density at radius 2 is 1.50 bits per heavy atom. The summed E-state index contributed by atoms with van der Waals surface area (Å²) in [7, 11) is 0. The Bertz CT molecular complexity index is 709. The predicted molar refractivity (Wildman–Crippen MR) is 86.3 cm³/mol. The highest BCUT2D eigenvalue weighted by molar-refractivity contribution is 6.33. The molecule has 0 aromatic heterocycles. The molecule has 2 amide bonds. The summed E-state index contributed by atoms with van der Waals surface area (Å²) in [4.78, 5) is 24.0. The molecular formula is C17H15ClN2O2. The minimum Gasteiger partial charge on any atom is -0.349 e. The number of rotatable bonds is 4. The van der Waals surface area contributed by atoms with E-state index in [9.17, 15) is 9.59 Å². The third-order valence-corrected chi connectivity index (χ3v) is 3.77. The second-order valence-corrected chi connectivity index (χ2v) is 5.67. The molecule has 0 aliphatic heterocycles. The van der Waals surface area contributed by atoms with Crippen LogP contribution in [0.3, 0.4) is 0 Å². The monoisotopic (exact) mass is 314 g/mol. The molecule has 5 heteroatoms. The predicted octanol–water partition coefficient (Wildman–Crippen LogP) is 3.48. The number of amides is 2. The van der Waals surface area contributed by atoms with E-state index >= 15 is 0 Å². The number of carbonyl (C=O) groups excluding carboxylic acids is 2. The van der Waals surface area contributed by atoms with E-state index in [1.54, 1.807) is 48.5 Å². The van der Waals surface area contributed by atoms with Crippen LogP contribution in [0.4, 0.5) is 5.69 Å². The zero-order chi connectivity index (χ0) is 15.5. The van der Waals surface area contributed by atoms with Gasteiger partial charge >= 0.3 is 0 Å². The first kappa shape index (κ1) is 14.6. The van der Waals surface area contributed by atoms with E-state index in [2.05, 4.69) is 10.6 Å². The van der Waals surface area contributed by atoms with Crippen LogP contribution in [-0.4, -0.2) is 17.9 Å². The van der Waals surface area contributed by atoms with E-state index in [-0.39, 0.29) is 11.8 Å². The topological polar surface area (TPSA) is 58.2 Å². The molecule has 2 aromatic rings. The molecule has 0 bridgehead atoms. The second-order valence-electron chi connectivity index (χ2n) is 5.26. The van der Waals surface area contributed by atoms with Crippen molar-refractivity contribution in [2.24, 2.45) is 0 Å². The molecule has 4 nitrogen and oxygen atoms in total. The van der Waals surface area contributed by atoms with Gasteiger partial charge in [-0.2, -0.15) is 0 Å². The zero-order valence-corrected chi connectivity index (χ0v) is 12.6. The van der Waals surface area contributed by atoms with Gasteiger partial charge in [-0.05, 0) is 49.2 Å². The van der Waals surface area contributed by atoms with Gasteiger partial charge in [0.05, 0.1) is 10.7 Å². The number of hydrogen-bond donors (Lipinski definition) is 2. The average Bonchev–Trinajstić information content (AvgIpc) is 3.33. The number of anilines is 1. The van der Waals surface area contributed by atoms with Crippen LogP contribution in [0, 0.1) is 0 Å². The van der Waals surface area contributed by atoms with Gasteiger partial charge in [0.2, 0.25) is 0 Å². The number of halogens is 1.